The largest absolute Gasteiger partial charge is 0.293 e. The van der Waals surface area contributed by atoms with Crippen LogP contribution in [0.4, 0.5) is 0 Å². The molecule has 0 spiro atoms. The minimum absolute atomic E-state index is 0.000128. The van der Waals surface area contributed by atoms with Crippen LogP contribution in [0.15, 0.2) is 40.1 Å². The molecule has 0 aromatic heterocycles. The average molecular weight is 425 g/mol. The lowest BCUT2D eigenvalue weighted by Gasteiger charge is -2.10. The van der Waals surface area contributed by atoms with Crippen LogP contribution in [0, 0.1) is 6.92 Å². The van der Waals surface area contributed by atoms with Crippen molar-refractivity contribution in [3.05, 3.63) is 56.5 Å². The number of ketones is 1. The predicted molar refractivity (Wildman–Crippen MR) is 99.1 cm³/mol. The maximum Gasteiger partial charge on any atom is 0.239 e. The van der Waals surface area contributed by atoms with Crippen molar-refractivity contribution in [1.82, 2.24) is 0 Å². The Hall–Kier alpha value is -0.760. The summed E-state index contributed by atoms with van der Waals surface area (Å²) in [4.78, 5) is 12.5. The van der Waals surface area contributed by atoms with Gasteiger partial charge in [-0.1, -0.05) is 34.8 Å². The second-order valence-electron chi connectivity index (χ2n) is 4.93. The molecule has 128 valence electrons. The Bertz CT molecular complexity index is 914. The lowest BCUT2D eigenvalue weighted by molar-refractivity contribution is 0.102. The van der Waals surface area contributed by atoms with Gasteiger partial charge in [0.05, 0.1) is 20.7 Å². The molecule has 0 radical (unpaired) electrons. The van der Waals surface area contributed by atoms with E-state index in [-0.39, 0.29) is 21.5 Å². The Morgan fingerprint density at radius 1 is 1.08 bits per heavy atom. The summed E-state index contributed by atoms with van der Waals surface area (Å²) >= 11 is 18.8. The van der Waals surface area contributed by atoms with Crippen LogP contribution in [0.1, 0.15) is 15.9 Å². The Morgan fingerprint density at radius 2 is 1.75 bits per heavy atom. The first-order valence-electron chi connectivity index (χ1n) is 6.53. The molecule has 2 rings (SSSR count). The maximum absolute atomic E-state index is 12.3. The van der Waals surface area contributed by atoms with E-state index in [1.165, 1.54) is 24.3 Å². The normalized spacial score (nSPS) is 11.5. The molecular formula is C15H12Cl3NO3S2. The topological polar surface area (TPSA) is 77.2 Å². The smallest absolute Gasteiger partial charge is 0.239 e. The molecule has 0 amide bonds. The van der Waals surface area contributed by atoms with Crippen LogP contribution in [-0.2, 0) is 10.0 Å². The van der Waals surface area contributed by atoms with E-state index in [1.807, 2.05) is 0 Å². The van der Waals surface area contributed by atoms with Crippen molar-refractivity contribution in [2.24, 2.45) is 5.14 Å². The monoisotopic (exact) mass is 423 g/mol. The number of carbonyl (C=O) groups excluding carboxylic acids is 1. The van der Waals surface area contributed by atoms with Gasteiger partial charge in [0, 0.05) is 15.5 Å². The zero-order valence-electron chi connectivity index (χ0n) is 12.3. The summed E-state index contributed by atoms with van der Waals surface area (Å²) < 4.78 is 23.4. The number of rotatable bonds is 5. The van der Waals surface area contributed by atoms with Gasteiger partial charge in [-0.2, -0.15) is 0 Å². The van der Waals surface area contributed by atoms with Crippen molar-refractivity contribution in [3.63, 3.8) is 0 Å². The molecule has 0 heterocycles. The Morgan fingerprint density at radius 3 is 2.33 bits per heavy atom. The number of hydrogen-bond acceptors (Lipinski definition) is 4. The molecule has 0 unspecified atom stereocenters. The van der Waals surface area contributed by atoms with Gasteiger partial charge < -0.3 is 0 Å². The first-order chi connectivity index (χ1) is 11.1. The number of hydrogen-bond donors (Lipinski definition) is 1. The Kier molecular flexibility index (Phi) is 6.23. The average Bonchev–Trinajstić information content (AvgIpc) is 2.49. The maximum atomic E-state index is 12.3. The van der Waals surface area contributed by atoms with Gasteiger partial charge >= 0.3 is 0 Å². The first-order valence-corrected chi connectivity index (χ1v) is 10.2. The van der Waals surface area contributed by atoms with E-state index in [1.54, 1.807) is 13.0 Å². The molecule has 2 aromatic carbocycles. The molecule has 4 nitrogen and oxygen atoms in total. The van der Waals surface area contributed by atoms with Crippen LogP contribution in [0.2, 0.25) is 15.1 Å². The molecule has 2 N–H and O–H groups in total. The van der Waals surface area contributed by atoms with Gasteiger partial charge in [-0.25, -0.2) is 13.6 Å². The standard InChI is InChI=1S/C15H12Cl3NO3S2/c1-8-4-15(24(19,21)22)14(6-11(8)17)23-7-13(20)9-2-3-10(16)12(18)5-9/h2-6H,7H2,1H3,(H2,19,21,22). The fraction of sp³-hybridized carbons (Fsp3) is 0.133. The van der Waals surface area contributed by atoms with Gasteiger partial charge in [0.1, 0.15) is 0 Å². The zero-order chi connectivity index (χ0) is 18.1. The second kappa shape index (κ2) is 7.64. The van der Waals surface area contributed by atoms with Crippen LogP contribution in [0.5, 0.6) is 0 Å². The van der Waals surface area contributed by atoms with E-state index in [2.05, 4.69) is 0 Å². The molecule has 0 saturated carbocycles. The SMILES string of the molecule is Cc1cc(S(N)(=O)=O)c(SCC(=O)c2ccc(Cl)c(Cl)c2)cc1Cl. The number of Topliss-reactive ketones (excluding diaryl/α,β-unsaturated/α-hetero) is 1. The first kappa shape index (κ1) is 19.6. The van der Waals surface area contributed by atoms with Gasteiger partial charge in [0.25, 0.3) is 0 Å². The second-order valence-corrected chi connectivity index (χ2v) is 8.70. The van der Waals surface area contributed by atoms with Gasteiger partial charge in [-0.05, 0) is 42.8 Å². The van der Waals surface area contributed by atoms with E-state index in [4.69, 9.17) is 39.9 Å². The van der Waals surface area contributed by atoms with E-state index in [9.17, 15) is 13.2 Å². The number of thioether (sulfide) groups is 1. The van der Waals surface area contributed by atoms with Crippen LogP contribution in [-0.4, -0.2) is 20.0 Å². The van der Waals surface area contributed by atoms with E-state index in [0.717, 1.165) is 11.8 Å². The summed E-state index contributed by atoms with van der Waals surface area (Å²) in [5.41, 5.74) is 0.966. The van der Waals surface area contributed by atoms with Crippen molar-refractivity contribution in [1.29, 1.82) is 0 Å². The van der Waals surface area contributed by atoms with E-state index < -0.39 is 10.0 Å². The number of benzene rings is 2. The van der Waals surface area contributed by atoms with Crippen LogP contribution in [0.25, 0.3) is 0 Å². The molecule has 0 bridgehead atoms. The number of nitrogens with two attached hydrogens (primary N) is 1. The van der Waals surface area contributed by atoms with Gasteiger partial charge in [0.2, 0.25) is 10.0 Å². The third kappa shape index (κ3) is 4.65. The molecule has 0 atom stereocenters. The highest BCUT2D eigenvalue weighted by Crippen LogP contribution is 2.32. The lowest BCUT2D eigenvalue weighted by Crippen LogP contribution is -2.14. The number of carbonyl (C=O) groups is 1. The summed E-state index contributed by atoms with van der Waals surface area (Å²) in [5, 5.41) is 6.25. The fourth-order valence-corrected chi connectivity index (χ4v) is 4.46. The summed E-state index contributed by atoms with van der Waals surface area (Å²) in [6.07, 6.45) is 0. The summed E-state index contributed by atoms with van der Waals surface area (Å²) in [6.45, 7) is 1.67. The molecule has 0 saturated heterocycles. The quantitative estimate of drug-likeness (QED) is 0.563. The molecule has 0 aliphatic heterocycles. The van der Waals surface area contributed by atoms with Gasteiger partial charge in [-0.3, -0.25) is 4.79 Å². The van der Waals surface area contributed by atoms with E-state index in [0.29, 0.717) is 26.1 Å². The number of sulfonamides is 1. The number of aryl methyl sites for hydroxylation is 1. The highest BCUT2D eigenvalue weighted by atomic mass is 35.5. The van der Waals surface area contributed by atoms with Crippen molar-refractivity contribution in [2.45, 2.75) is 16.7 Å². The van der Waals surface area contributed by atoms with Crippen LogP contribution < -0.4 is 5.14 Å². The molecule has 0 aliphatic rings. The predicted octanol–water partition coefficient (Wildman–Crippen LogP) is 4.58. The lowest BCUT2D eigenvalue weighted by atomic mass is 10.1. The van der Waals surface area contributed by atoms with Crippen molar-refractivity contribution >= 4 is 62.4 Å². The van der Waals surface area contributed by atoms with Crippen LogP contribution >= 0.6 is 46.6 Å². The molecule has 24 heavy (non-hydrogen) atoms. The molecule has 2 aromatic rings. The number of primary sulfonamides is 1. The fourth-order valence-electron chi connectivity index (χ4n) is 1.87. The third-order valence-corrected chi connectivity index (χ3v) is 6.41. The third-order valence-electron chi connectivity index (χ3n) is 3.13. The molecule has 9 heteroatoms. The summed E-state index contributed by atoms with van der Waals surface area (Å²) in [5.74, 6) is -0.226. The number of halogens is 3. The van der Waals surface area contributed by atoms with Crippen molar-refractivity contribution in [2.75, 3.05) is 5.75 Å². The Balaban J connectivity index is 2.27. The molecule has 0 aliphatic carbocycles. The van der Waals surface area contributed by atoms with Crippen molar-refractivity contribution < 1.29 is 13.2 Å². The van der Waals surface area contributed by atoms with Gasteiger partial charge in [0.15, 0.2) is 5.78 Å². The Labute approximate surface area is 159 Å². The van der Waals surface area contributed by atoms with Crippen molar-refractivity contribution in [3.8, 4) is 0 Å². The molecule has 0 fully saturated rings. The minimum atomic E-state index is -3.93. The highest BCUT2D eigenvalue weighted by Gasteiger charge is 2.18. The summed E-state index contributed by atoms with van der Waals surface area (Å²) in [6, 6.07) is 7.43. The summed E-state index contributed by atoms with van der Waals surface area (Å²) in [7, 11) is -3.93. The van der Waals surface area contributed by atoms with Gasteiger partial charge in [-0.15, -0.1) is 11.8 Å². The minimum Gasteiger partial charge on any atom is -0.293 e. The van der Waals surface area contributed by atoms with E-state index >= 15 is 0 Å². The zero-order valence-corrected chi connectivity index (χ0v) is 16.2. The highest BCUT2D eigenvalue weighted by molar-refractivity contribution is 8.00. The van der Waals surface area contributed by atoms with Crippen LogP contribution in [0.3, 0.4) is 0 Å². The molecular weight excluding hydrogens is 413 g/mol.